The Morgan fingerprint density at radius 2 is 2.36 bits per heavy atom. The first-order chi connectivity index (χ1) is 6.66. The zero-order chi connectivity index (χ0) is 10.6. The largest absolute Gasteiger partial charge is 0.339 e. The summed E-state index contributed by atoms with van der Waals surface area (Å²) in [6.07, 6.45) is 0. The molecule has 0 aliphatic carbocycles. The van der Waals surface area contributed by atoms with Crippen molar-refractivity contribution >= 4 is 28.5 Å². The van der Waals surface area contributed by atoms with Crippen LogP contribution in [0.4, 0.5) is 0 Å². The summed E-state index contributed by atoms with van der Waals surface area (Å²) in [6, 6.07) is 7.40. The average Bonchev–Trinajstić information content (AvgIpc) is 2.18. The van der Waals surface area contributed by atoms with E-state index in [0.717, 1.165) is 9.13 Å². The fraction of sp³-hybridized carbons (Fsp3) is 0.200. The van der Waals surface area contributed by atoms with Crippen LogP contribution in [0.1, 0.15) is 15.9 Å². The summed E-state index contributed by atoms with van der Waals surface area (Å²) < 4.78 is 0.931. The molecule has 0 bridgehead atoms. The van der Waals surface area contributed by atoms with Crippen molar-refractivity contribution in [1.82, 2.24) is 5.32 Å². The number of hydrogen-bond acceptors (Lipinski definition) is 2. The number of halogens is 1. The molecule has 14 heavy (non-hydrogen) atoms. The molecule has 4 heteroatoms. The van der Waals surface area contributed by atoms with Crippen LogP contribution in [0.3, 0.4) is 0 Å². The maximum absolute atomic E-state index is 11.5. The number of hydrogen-bond donors (Lipinski definition) is 1. The van der Waals surface area contributed by atoms with Crippen LogP contribution < -0.4 is 5.32 Å². The van der Waals surface area contributed by atoms with E-state index in [4.69, 9.17) is 5.26 Å². The van der Waals surface area contributed by atoms with Crippen molar-refractivity contribution in [2.75, 3.05) is 6.54 Å². The maximum atomic E-state index is 11.5. The van der Waals surface area contributed by atoms with Crippen LogP contribution in [0.15, 0.2) is 18.2 Å². The molecule has 0 atom stereocenters. The quantitative estimate of drug-likeness (QED) is 0.669. The molecule has 1 amide bonds. The first-order valence-electron chi connectivity index (χ1n) is 4.07. The second kappa shape index (κ2) is 4.96. The van der Waals surface area contributed by atoms with Crippen molar-refractivity contribution < 1.29 is 4.79 Å². The Kier molecular flexibility index (Phi) is 3.89. The summed E-state index contributed by atoms with van der Waals surface area (Å²) in [4.78, 5) is 11.5. The number of amides is 1. The van der Waals surface area contributed by atoms with Gasteiger partial charge in [0, 0.05) is 3.57 Å². The van der Waals surface area contributed by atoms with E-state index < -0.39 is 0 Å². The van der Waals surface area contributed by atoms with Crippen LogP contribution in [-0.2, 0) is 0 Å². The molecule has 72 valence electrons. The Morgan fingerprint density at radius 1 is 1.64 bits per heavy atom. The highest BCUT2D eigenvalue weighted by molar-refractivity contribution is 14.1. The van der Waals surface area contributed by atoms with Gasteiger partial charge >= 0.3 is 0 Å². The number of rotatable bonds is 2. The van der Waals surface area contributed by atoms with Gasteiger partial charge < -0.3 is 5.32 Å². The van der Waals surface area contributed by atoms with Crippen molar-refractivity contribution in [3.63, 3.8) is 0 Å². The molecule has 0 saturated heterocycles. The van der Waals surface area contributed by atoms with Crippen LogP contribution in [0.25, 0.3) is 0 Å². The number of nitriles is 1. The highest BCUT2D eigenvalue weighted by atomic mass is 127. The number of nitrogens with zero attached hydrogens (tertiary/aromatic N) is 1. The van der Waals surface area contributed by atoms with E-state index >= 15 is 0 Å². The molecule has 3 nitrogen and oxygen atoms in total. The molecule has 0 aliphatic rings. The zero-order valence-corrected chi connectivity index (χ0v) is 9.83. The fourth-order valence-electron chi connectivity index (χ4n) is 1.04. The molecule has 0 spiro atoms. The summed E-state index contributed by atoms with van der Waals surface area (Å²) in [5.74, 6) is -0.195. The predicted molar refractivity (Wildman–Crippen MR) is 61.8 cm³/mol. The lowest BCUT2D eigenvalue weighted by molar-refractivity contribution is 0.0957. The van der Waals surface area contributed by atoms with E-state index in [1.807, 2.05) is 25.1 Å². The molecular weight excluding hydrogens is 291 g/mol. The molecule has 0 saturated carbocycles. The molecule has 0 aliphatic heterocycles. The van der Waals surface area contributed by atoms with Gasteiger partial charge in [-0.25, -0.2) is 0 Å². The van der Waals surface area contributed by atoms with Crippen LogP contribution >= 0.6 is 22.6 Å². The van der Waals surface area contributed by atoms with Gasteiger partial charge in [-0.2, -0.15) is 5.26 Å². The minimum absolute atomic E-state index is 0.0445. The SMILES string of the molecule is Cc1cccc(C(=O)NCC#N)c1I. The topological polar surface area (TPSA) is 52.9 Å². The van der Waals surface area contributed by atoms with Crippen molar-refractivity contribution in [3.8, 4) is 6.07 Å². The van der Waals surface area contributed by atoms with Crippen LogP contribution in [-0.4, -0.2) is 12.5 Å². The summed E-state index contributed by atoms with van der Waals surface area (Å²) in [6.45, 7) is 1.99. The summed E-state index contributed by atoms with van der Waals surface area (Å²) in [7, 11) is 0. The van der Waals surface area contributed by atoms with Crippen molar-refractivity contribution in [2.45, 2.75) is 6.92 Å². The van der Waals surface area contributed by atoms with Gasteiger partial charge in [0.05, 0.1) is 11.6 Å². The van der Waals surface area contributed by atoms with E-state index in [9.17, 15) is 4.79 Å². The van der Waals surface area contributed by atoms with Crippen LogP contribution in [0, 0.1) is 21.8 Å². The number of nitrogens with one attached hydrogen (secondary N) is 1. The first-order valence-corrected chi connectivity index (χ1v) is 5.15. The third-order valence-electron chi connectivity index (χ3n) is 1.76. The minimum Gasteiger partial charge on any atom is -0.339 e. The molecular formula is C10H9IN2O. The normalized spacial score (nSPS) is 9.21. The number of aryl methyl sites for hydroxylation is 1. The first kappa shape index (κ1) is 11.0. The van der Waals surface area contributed by atoms with Crippen molar-refractivity contribution in [1.29, 1.82) is 5.26 Å². The number of carbonyl (C=O) groups excluding carboxylic acids is 1. The van der Waals surface area contributed by atoms with Crippen molar-refractivity contribution in [3.05, 3.63) is 32.9 Å². The van der Waals surface area contributed by atoms with Gasteiger partial charge in [0.2, 0.25) is 0 Å². The van der Waals surface area contributed by atoms with E-state index in [-0.39, 0.29) is 12.5 Å². The summed E-state index contributed by atoms with van der Waals surface area (Å²) >= 11 is 2.13. The van der Waals surface area contributed by atoms with E-state index in [1.165, 1.54) is 0 Å². The predicted octanol–water partition coefficient (Wildman–Crippen LogP) is 1.85. The Morgan fingerprint density at radius 3 is 3.00 bits per heavy atom. The molecule has 1 aromatic rings. The van der Waals surface area contributed by atoms with Gasteiger partial charge in [0.1, 0.15) is 6.54 Å². The molecule has 0 fully saturated rings. The Bertz CT molecular complexity index is 396. The van der Waals surface area contributed by atoms with Gasteiger partial charge in [-0.3, -0.25) is 4.79 Å². The van der Waals surface area contributed by atoms with Gasteiger partial charge in [-0.15, -0.1) is 0 Å². The highest BCUT2D eigenvalue weighted by Crippen LogP contribution is 2.16. The molecule has 0 unspecified atom stereocenters. The Balaban J connectivity index is 2.91. The standard InChI is InChI=1S/C10H9IN2O/c1-7-3-2-4-8(9(7)11)10(14)13-6-5-12/h2-4H,6H2,1H3,(H,13,14). The van der Waals surface area contributed by atoms with Crippen molar-refractivity contribution in [2.24, 2.45) is 0 Å². The zero-order valence-electron chi connectivity index (χ0n) is 7.67. The van der Waals surface area contributed by atoms with E-state index in [2.05, 4.69) is 27.9 Å². The molecule has 0 radical (unpaired) electrons. The molecule has 0 aromatic heterocycles. The lowest BCUT2D eigenvalue weighted by Gasteiger charge is -2.05. The molecule has 1 aromatic carbocycles. The van der Waals surface area contributed by atoms with E-state index in [0.29, 0.717) is 5.56 Å². The minimum atomic E-state index is -0.195. The number of carbonyl (C=O) groups is 1. The third-order valence-corrected chi connectivity index (χ3v) is 3.20. The molecule has 1 rings (SSSR count). The van der Waals surface area contributed by atoms with Gasteiger partial charge in [-0.1, -0.05) is 12.1 Å². The lowest BCUT2D eigenvalue weighted by Crippen LogP contribution is -2.24. The second-order valence-corrected chi connectivity index (χ2v) is 3.86. The van der Waals surface area contributed by atoms with Gasteiger partial charge in [-0.05, 0) is 41.1 Å². The smallest absolute Gasteiger partial charge is 0.253 e. The summed E-state index contributed by atoms with van der Waals surface area (Å²) in [5, 5.41) is 10.8. The maximum Gasteiger partial charge on any atom is 0.253 e. The van der Waals surface area contributed by atoms with Gasteiger partial charge in [0.15, 0.2) is 0 Å². The Hall–Kier alpha value is -1.09. The monoisotopic (exact) mass is 300 g/mol. The molecule has 0 heterocycles. The fourth-order valence-corrected chi connectivity index (χ4v) is 1.64. The lowest BCUT2D eigenvalue weighted by atomic mass is 10.1. The highest BCUT2D eigenvalue weighted by Gasteiger charge is 2.09. The third kappa shape index (κ3) is 2.45. The Labute approximate surface area is 96.3 Å². The second-order valence-electron chi connectivity index (χ2n) is 2.78. The van der Waals surface area contributed by atoms with Gasteiger partial charge in [0.25, 0.3) is 5.91 Å². The van der Waals surface area contributed by atoms with Crippen LogP contribution in [0.5, 0.6) is 0 Å². The van der Waals surface area contributed by atoms with Crippen LogP contribution in [0.2, 0.25) is 0 Å². The summed E-state index contributed by atoms with van der Waals surface area (Å²) in [5.41, 5.74) is 1.69. The number of benzene rings is 1. The molecule has 1 N–H and O–H groups in total. The average molecular weight is 300 g/mol. The van der Waals surface area contributed by atoms with E-state index in [1.54, 1.807) is 6.07 Å².